The zero-order chi connectivity index (χ0) is 50.9. The molecule has 4 aromatic heterocycles. The summed E-state index contributed by atoms with van der Waals surface area (Å²) in [6, 6.07) is 85.5. The fourth-order valence-corrected chi connectivity index (χ4v) is 12.7. The van der Waals surface area contributed by atoms with Crippen molar-refractivity contribution in [2.45, 2.75) is 19.3 Å². The van der Waals surface area contributed by atoms with Crippen LogP contribution in [0.15, 0.2) is 243 Å². The molecule has 6 nitrogen and oxygen atoms in total. The third-order valence-electron chi connectivity index (χ3n) is 16.4. The molecule has 0 saturated carbocycles. The van der Waals surface area contributed by atoms with Crippen molar-refractivity contribution >= 4 is 76.1 Å². The molecule has 0 bridgehead atoms. The average Bonchev–Trinajstić information content (AvgIpc) is 4.31. The van der Waals surface area contributed by atoms with Crippen LogP contribution < -0.4 is 0 Å². The minimum absolute atomic E-state index is 0.288. The molecule has 0 atom stereocenters. The second kappa shape index (κ2) is 16.5. The van der Waals surface area contributed by atoms with Crippen LogP contribution in [-0.4, -0.2) is 29.1 Å². The number of rotatable bonds is 6. The van der Waals surface area contributed by atoms with E-state index in [4.69, 9.17) is 19.9 Å². The summed E-state index contributed by atoms with van der Waals surface area (Å²) in [6.07, 6.45) is 1.89. The first kappa shape index (κ1) is 43.4. The predicted octanol–water partition coefficient (Wildman–Crippen LogP) is 17.9. The van der Waals surface area contributed by atoms with Crippen LogP contribution in [0, 0.1) is 0 Å². The lowest BCUT2D eigenvalue weighted by molar-refractivity contribution is 0.662. The molecule has 0 radical (unpaired) electrons. The molecule has 0 unspecified atom stereocenters. The summed E-state index contributed by atoms with van der Waals surface area (Å²) in [5.41, 5.74) is 16.5. The van der Waals surface area contributed by atoms with Crippen LogP contribution in [0.5, 0.6) is 0 Å². The molecule has 0 spiro atoms. The SMILES string of the molecule is CC1(C)c2cc3c4ccccc4c4ccccc4c3cc2-c2cc3c4cc(-c5ccc6c(c5)c5cccnc5n6-c5ccccc5)ccc4n(-c4cccc(-c5nc(-c6ccccc6)nc(-c6ccccc6)n5)c4)c3cc21. The molecule has 1 aliphatic rings. The highest BCUT2D eigenvalue weighted by atomic mass is 15.1. The quantitative estimate of drug-likeness (QED) is 0.156. The van der Waals surface area contributed by atoms with E-state index in [2.05, 4.69) is 217 Å². The van der Waals surface area contributed by atoms with E-state index in [1.54, 1.807) is 0 Å². The molecular formula is C71H46N6. The van der Waals surface area contributed by atoms with E-state index in [1.165, 1.54) is 70.7 Å². The van der Waals surface area contributed by atoms with E-state index >= 15 is 0 Å². The number of pyridine rings is 1. The first-order chi connectivity index (χ1) is 37.9. The van der Waals surface area contributed by atoms with Gasteiger partial charge in [-0.3, -0.25) is 4.57 Å². The zero-order valence-corrected chi connectivity index (χ0v) is 42.3. The highest BCUT2D eigenvalue weighted by molar-refractivity contribution is 6.26. The highest BCUT2D eigenvalue weighted by Gasteiger charge is 2.37. The second-order valence-electron chi connectivity index (χ2n) is 21.0. The Labute approximate surface area is 443 Å². The van der Waals surface area contributed by atoms with E-state index in [0.717, 1.165) is 66.8 Å². The molecule has 0 amide bonds. The minimum Gasteiger partial charge on any atom is -0.309 e. The van der Waals surface area contributed by atoms with Gasteiger partial charge in [0.15, 0.2) is 17.5 Å². The predicted molar refractivity (Wildman–Crippen MR) is 318 cm³/mol. The fraction of sp³-hybridized carbons (Fsp3) is 0.0423. The maximum atomic E-state index is 5.16. The largest absolute Gasteiger partial charge is 0.309 e. The Hall–Kier alpha value is -10.0. The van der Waals surface area contributed by atoms with Crippen LogP contribution in [0.4, 0.5) is 0 Å². The number of nitrogens with zero attached hydrogens (tertiary/aromatic N) is 6. The van der Waals surface area contributed by atoms with Gasteiger partial charge in [-0.05, 0) is 151 Å². The molecule has 77 heavy (non-hydrogen) atoms. The summed E-state index contributed by atoms with van der Waals surface area (Å²) in [5.74, 6) is 1.88. The molecule has 0 N–H and O–H groups in total. The summed E-state index contributed by atoms with van der Waals surface area (Å²) in [6.45, 7) is 4.81. The second-order valence-corrected chi connectivity index (χ2v) is 21.0. The first-order valence-corrected chi connectivity index (χ1v) is 26.4. The van der Waals surface area contributed by atoms with Gasteiger partial charge in [0.2, 0.25) is 0 Å². The van der Waals surface area contributed by atoms with Gasteiger partial charge in [-0.15, -0.1) is 0 Å². The monoisotopic (exact) mass is 982 g/mol. The van der Waals surface area contributed by atoms with Gasteiger partial charge >= 0.3 is 0 Å². The summed E-state index contributed by atoms with van der Waals surface area (Å²) >= 11 is 0. The number of benzene rings is 11. The zero-order valence-electron chi connectivity index (χ0n) is 42.3. The maximum Gasteiger partial charge on any atom is 0.164 e. The van der Waals surface area contributed by atoms with Crippen molar-refractivity contribution in [2.24, 2.45) is 0 Å². The Morgan fingerprint density at radius 2 is 0.753 bits per heavy atom. The van der Waals surface area contributed by atoms with E-state index in [1.807, 2.05) is 48.7 Å². The summed E-state index contributed by atoms with van der Waals surface area (Å²) in [5, 5.41) is 12.4. The van der Waals surface area contributed by atoms with E-state index in [0.29, 0.717) is 17.5 Å². The third-order valence-corrected chi connectivity index (χ3v) is 16.4. The standard InChI is InChI=1S/C71H46N6/c1-71(2)62-41-56-53-29-15-13-27-51(53)50-26-12-14-28-52(50)55(56)39-57(62)58-40-61-60-38-46(45-32-34-65-59(37-45)54-30-17-35-72-70(54)77(65)48-23-10-5-11-24-48)31-33-64(60)76(66(61)42-63(58)71)49-25-16-22-47(36-49)69-74-67(43-18-6-3-7-19-43)73-68(75-69)44-20-8-4-9-21-44/h3-42H,1-2H3. The third kappa shape index (κ3) is 6.55. The van der Waals surface area contributed by atoms with Crippen molar-refractivity contribution in [3.63, 3.8) is 0 Å². The van der Waals surface area contributed by atoms with Crippen molar-refractivity contribution in [3.8, 4) is 67.8 Å². The topological polar surface area (TPSA) is 61.4 Å². The Balaban J connectivity index is 0.933. The van der Waals surface area contributed by atoms with E-state index in [9.17, 15) is 0 Å². The molecule has 15 aromatic rings. The maximum absolute atomic E-state index is 5.16. The number of para-hydroxylation sites is 1. The molecule has 16 rings (SSSR count). The summed E-state index contributed by atoms with van der Waals surface area (Å²) < 4.78 is 4.73. The lowest BCUT2D eigenvalue weighted by Crippen LogP contribution is -2.15. The number of fused-ring (bicyclic) bond motifs is 15. The van der Waals surface area contributed by atoms with Crippen LogP contribution >= 0.6 is 0 Å². The molecule has 6 heteroatoms. The van der Waals surface area contributed by atoms with Crippen LogP contribution in [-0.2, 0) is 5.41 Å². The van der Waals surface area contributed by atoms with Gasteiger partial charge in [0.1, 0.15) is 5.65 Å². The van der Waals surface area contributed by atoms with E-state index in [-0.39, 0.29) is 5.41 Å². The Kier molecular flexibility index (Phi) is 9.28. The average molecular weight is 983 g/mol. The number of hydrogen-bond acceptors (Lipinski definition) is 4. The van der Waals surface area contributed by atoms with Crippen molar-refractivity contribution in [1.82, 2.24) is 29.1 Å². The van der Waals surface area contributed by atoms with Gasteiger partial charge in [-0.2, -0.15) is 0 Å². The van der Waals surface area contributed by atoms with Crippen molar-refractivity contribution in [3.05, 3.63) is 254 Å². The van der Waals surface area contributed by atoms with Crippen molar-refractivity contribution in [2.75, 3.05) is 0 Å². The van der Waals surface area contributed by atoms with Crippen LogP contribution in [0.3, 0.4) is 0 Å². The summed E-state index contributed by atoms with van der Waals surface area (Å²) in [4.78, 5) is 20.3. The Morgan fingerprint density at radius 3 is 1.38 bits per heavy atom. The van der Waals surface area contributed by atoms with Gasteiger partial charge in [-0.1, -0.05) is 166 Å². The molecule has 4 heterocycles. The molecule has 0 fully saturated rings. The molecule has 0 aliphatic heterocycles. The normalized spacial score (nSPS) is 12.9. The molecule has 0 saturated heterocycles. The lowest BCUT2D eigenvalue weighted by Gasteiger charge is -2.23. The number of aromatic nitrogens is 6. The Morgan fingerprint density at radius 1 is 0.299 bits per heavy atom. The Bertz CT molecular complexity index is 4880. The van der Waals surface area contributed by atoms with Crippen LogP contribution in [0.25, 0.3) is 144 Å². The van der Waals surface area contributed by atoms with Crippen molar-refractivity contribution < 1.29 is 0 Å². The number of hydrogen-bond donors (Lipinski definition) is 0. The van der Waals surface area contributed by atoms with E-state index < -0.39 is 0 Å². The highest BCUT2D eigenvalue weighted by Crippen LogP contribution is 2.54. The van der Waals surface area contributed by atoms with Crippen LogP contribution in [0.1, 0.15) is 25.0 Å². The summed E-state index contributed by atoms with van der Waals surface area (Å²) in [7, 11) is 0. The minimum atomic E-state index is -0.288. The van der Waals surface area contributed by atoms with Gasteiger partial charge in [0.25, 0.3) is 0 Å². The molecule has 1 aliphatic carbocycles. The first-order valence-electron chi connectivity index (χ1n) is 26.4. The molecular weight excluding hydrogens is 937 g/mol. The lowest BCUT2D eigenvalue weighted by atomic mass is 9.81. The molecule has 11 aromatic carbocycles. The fourth-order valence-electron chi connectivity index (χ4n) is 12.7. The van der Waals surface area contributed by atoms with Gasteiger partial charge in [0.05, 0.1) is 16.6 Å². The van der Waals surface area contributed by atoms with Gasteiger partial charge < -0.3 is 4.57 Å². The van der Waals surface area contributed by atoms with Gasteiger partial charge in [0, 0.05) is 61.2 Å². The molecule has 360 valence electrons. The van der Waals surface area contributed by atoms with Gasteiger partial charge in [-0.25, -0.2) is 19.9 Å². The van der Waals surface area contributed by atoms with Crippen LogP contribution in [0.2, 0.25) is 0 Å². The smallest absolute Gasteiger partial charge is 0.164 e. The van der Waals surface area contributed by atoms with Crippen molar-refractivity contribution in [1.29, 1.82) is 0 Å².